The molecule has 2 fully saturated rings. The van der Waals surface area contributed by atoms with Gasteiger partial charge in [-0.15, -0.1) is 0 Å². The first-order valence-electron chi connectivity index (χ1n) is 12.0. The van der Waals surface area contributed by atoms with Crippen molar-refractivity contribution < 1.29 is 27.5 Å². The summed E-state index contributed by atoms with van der Waals surface area (Å²) in [6, 6.07) is 16.9. The van der Waals surface area contributed by atoms with Gasteiger partial charge in [-0.25, -0.2) is 13.2 Å². The molecule has 0 unspecified atom stereocenters. The summed E-state index contributed by atoms with van der Waals surface area (Å²) in [7, 11) is -3.17. The molecule has 0 radical (unpaired) electrons. The van der Waals surface area contributed by atoms with Gasteiger partial charge in [0.05, 0.1) is 17.5 Å². The quantitative estimate of drug-likeness (QED) is 0.559. The maximum Gasteiger partial charge on any atom is 0.407 e. The molecule has 2 heterocycles. The minimum Gasteiger partial charge on any atom is -0.489 e. The molecule has 2 aromatic rings. The molecular weight excluding hydrogens is 514 g/mol. The normalized spacial score (nSPS) is 21.5. The fourth-order valence-electron chi connectivity index (χ4n) is 4.06. The highest BCUT2D eigenvalue weighted by atomic mass is 32.2. The molecule has 0 spiro atoms. The van der Waals surface area contributed by atoms with Crippen LogP contribution in [0.25, 0.3) is 0 Å². The van der Waals surface area contributed by atoms with E-state index in [1.165, 1.54) is 11.8 Å². The van der Waals surface area contributed by atoms with Gasteiger partial charge in [0.2, 0.25) is 5.91 Å². The number of hydrogen-bond acceptors (Lipinski definition) is 7. The van der Waals surface area contributed by atoms with E-state index < -0.39 is 27.4 Å². The molecule has 2 saturated heterocycles. The molecule has 11 heteroatoms. The molecule has 198 valence electrons. The second-order valence-electron chi connectivity index (χ2n) is 9.91. The molecule has 0 saturated carbocycles. The van der Waals surface area contributed by atoms with E-state index in [1.54, 1.807) is 20.8 Å². The first kappa shape index (κ1) is 27.0. The highest BCUT2D eigenvalue weighted by Crippen LogP contribution is 2.41. The average molecular weight is 546 g/mol. The number of anilines is 1. The molecule has 1 N–H and O–H groups in total. The molecule has 2 aliphatic rings. The van der Waals surface area contributed by atoms with E-state index in [1.807, 2.05) is 59.5 Å². The Bertz CT molecular complexity index is 1260. The third-order valence-electron chi connectivity index (χ3n) is 5.66. The number of benzene rings is 2. The Morgan fingerprint density at radius 1 is 1.08 bits per heavy atom. The highest BCUT2D eigenvalue weighted by molar-refractivity contribution is 8.16. The number of aliphatic imine (C=N–C) groups is 1. The van der Waals surface area contributed by atoms with Gasteiger partial charge in [0, 0.05) is 23.9 Å². The van der Waals surface area contributed by atoms with Crippen LogP contribution in [0.2, 0.25) is 0 Å². The Labute approximate surface area is 221 Å². The predicted octanol–water partition coefficient (Wildman–Crippen LogP) is 3.78. The van der Waals surface area contributed by atoms with Crippen molar-refractivity contribution in [3.05, 3.63) is 60.2 Å². The summed E-state index contributed by atoms with van der Waals surface area (Å²) in [6.45, 7) is 5.79. The lowest BCUT2D eigenvalue weighted by atomic mass is 10.2. The summed E-state index contributed by atoms with van der Waals surface area (Å²) >= 11 is 1.31. The van der Waals surface area contributed by atoms with Crippen LogP contribution in [-0.2, 0) is 26.0 Å². The van der Waals surface area contributed by atoms with Crippen molar-refractivity contribution >= 4 is 44.5 Å². The van der Waals surface area contributed by atoms with Gasteiger partial charge in [-0.3, -0.25) is 4.79 Å². The Morgan fingerprint density at radius 2 is 1.78 bits per heavy atom. The van der Waals surface area contributed by atoms with E-state index in [9.17, 15) is 18.0 Å². The smallest absolute Gasteiger partial charge is 0.407 e. The van der Waals surface area contributed by atoms with Crippen molar-refractivity contribution in [2.24, 2.45) is 4.99 Å². The van der Waals surface area contributed by atoms with Gasteiger partial charge < -0.3 is 19.7 Å². The van der Waals surface area contributed by atoms with E-state index in [-0.39, 0.29) is 35.8 Å². The van der Waals surface area contributed by atoms with E-state index in [4.69, 9.17) is 9.47 Å². The van der Waals surface area contributed by atoms with Crippen LogP contribution in [0, 0.1) is 0 Å². The van der Waals surface area contributed by atoms with Crippen LogP contribution in [0.4, 0.5) is 10.5 Å². The zero-order valence-electron chi connectivity index (χ0n) is 21.0. The molecule has 0 bridgehead atoms. The summed E-state index contributed by atoms with van der Waals surface area (Å²) in [5.41, 5.74) is 1.16. The molecule has 2 aromatic carbocycles. The molecule has 37 heavy (non-hydrogen) atoms. The summed E-state index contributed by atoms with van der Waals surface area (Å²) in [6.07, 6.45) is -0.601. The molecule has 4 rings (SSSR count). The summed E-state index contributed by atoms with van der Waals surface area (Å²) in [5.74, 6) is 0.321. The number of nitrogens with zero attached hydrogens (tertiary/aromatic N) is 2. The van der Waals surface area contributed by atoms with Crippen LogP contribution < -0.4 is 15.0 Å². The number of fused-ring (bicyclic) bond motifs is 1. The Balaban J connectivity index is 1.44. The molecule has 2 amide bonds. The third-order valence-corrected chi connectivity index (χ3v) is 8.87. The maximum absolute atomic E-state index is 12.6. The average Bonchev–Trinajstić information content (AvgIpc) is 3.28. The van der Waals surface area contributed by atoms with Gasteiger partial charge in [0.15, 0.2) is 15.0 Å². The number of alkyl carbamates (subject to hydrolysis) is 1. The molecule has 0 aromatic heterocycles. The van der Waals surface area contributed by atoms with Gasteiger partial charge in [0.1, 0.15) is 18.0 Å². The van der Waals surface area contributed by atoms with Gasteiger partial charge in [0.25, 0.3) is 0 Å². The van der Waals surface area contributed by atoms with Crippen LogP contribution in [0.3, 0.4) is 0 Å². The zero-order valence-corrected chi connectivity index (χ0v) is 22.7. The third kappa shape index (κ3) is 7.48. The highest BCUT2D eigenvalue weighted by Gasteiger charge is 2.49. The van der Waals surface area contributed by atoms with Crippen molar-refractivity contribution in [1.29, 1.82) is 0 Å². The lowest BCUT2D eigenvalue weighted by Crippen LogP contribution is -2.37. The van der Waals surface area contributed by atoms with Crippen LogP contribution in [-0.4, -0.2) is 60.5 Å². The zero-order chi connectivity index (χ0) is 26.6. The number of carbonyl (C=O) groups is 2. The first-order valence-corrected chi connectivity index (χ1v) is 14.7. The number of amides is 2. The lowest BCUT2D eigenvalue weighted by molar-refractivity contribution is -0.117. The first-order chi connectivity index (χ1) is 17.5. The Morgan fingerprint density at radius 3 is 2.46 bits per heavy atom. The summed E-state index contributed by atoms with van der Waals surface area (Å²) in [5, 5.41) is 2.81. The van der Waals surface area contributed by atoms with E-state index in [0.29, 0.717) is 17.5 Å². The molecule has 9 nitrogen and oxygen atoms in total. The maximum atomic E-state index is 12.6. The van der Waals surface area contributed by atoms with Crippen molar-refractivity contribution in [3.8, 4) is 5.75 Å². The molecule has 2 atom stereocenters. The van der Waals surface area contributed by atoms with Crippen LogP contribution >= 0.6 is 11.8 Å². The van der Waals surface area contributed by atoms with Crippen molar-refractivity contribution in [2.75, 3.05) is 23.0 Å². The number of ether oxygens (including phenoxy) is 2. The molecule has 2 aliphatic heterocycles. The van der Waals surface area contributed by atoms with Gasteiger partial charge in [-0.05, 0) is 50.6 Å². The van der Waals surface area contributed by atoms with Gasteiger partial charge in [-0.2, -0.15) is 4.99 Å². The topological polar surface area (TPSA) is 114 Å². The fraction of sp³-hybridized carbons (Fsp3) is 0.423. The molecular formula is C26H31N3O6S2. The monoisotopic (exact) mass is 545 g/mol. The molecule has 0 aliphatic carbocycles. The van der Waals surface area contributed by atoms with Crippen LogP contribution in [0.1, 0.15) is 32.8 Å². The van der Waals surface area contributed by atoms with Crippen molar-refractivity contribution in [2.45, 2.75) is 50.7 Å². The standard InChI is InChI=1S/C26H31N3O6S2/c1-26(2,3)35-25(31)27-14-13-23(30)28-24-29(21-16-37(32,33)17-22(21)36-24)19-9-11-20(12-10-19)34-15-18-7-5-4-6-8-18/h4-12,21-22H,13-17H2,1-3H3,(H,27,31)/t21-,22-/m0/s1. The van der Waals surface area contributed by atoms with Crippen LogP contribution in [0.5, 0.6) is 5.75 Å². The number of sulfone groups is 1. The van der Waals surface area contributed by atoms with E-state index in [0.717, 1.165) is 11.3 Å². The second kappa shape index (κ2) is 11.1. The Hall–Kier alpha value is -3.05. The lowest BCUT2D eigenvalue weighted by Gasteiger charge is -2.24. The predicted molar refractivity (Wildman–Crippen MR) is 145 cm³/mol. The SMILES string of the molecule is CC(C)(C)OC(=O)NCCC(=O)N=C1S[C@H]2CS(=O)(=O)C[C@@H]2N1c1ccc(OCc2ccccc2)cc1. The fourth-order valence-corrected chi connectivity index (χ4v) is 7.99. The van der Waals surface area contributed by atoms with Crippen molar-refractivity contribution in [1.82, 2.24) is 5.32 Å². The number of thioether (sulfide) groups is 1. The summed E-state index contributed by atoms with van der Waals surface area (Å²) in [4.78, 5) is 30.5. The number of amidine groups is 1. The van der Waals surface area contributed by atoms with Crippen LogP contribution in [0.15, 0.2) is 59.6 Å². The number of rotatable bonds is 7. The van der Waals surface area contributed by atoms with Gasteiger partial charge >= 0.3 is 6.09 Å². The number of nitrogens with one attached hydrogen (secondary N) is 1. The largest absolute Gasteiger partial charge is 0.489 e. The minimum absolute atomic E-state index is 0.00294. The second-order valence-corrected chi connectivity index (χ2v) is 13.3. The number of hydrogen-bond donors (Lipinski definition) is 1. The van der Waals surface area contributed by atoms with E-state index >= 15 is 0 Å². The Kier molecular flexibility index (Phi) is 8.13. The van der Waals surface area contributed by atoms with E-state index in [2.05, 4.69) is 10.3 Å². The minimum atomic E-state index is -3.17. The summed E-state index contributed by atoms with van der Waals surface area (Å²) < 4.78 is 35.7. The van der Waals surface area contributed by atoms with Gasteiger partial charge in [-0.1, -0.05) is 42.1 Å². The van der Waals surface area contributed by atoms with Crippen molar-refractivity contribution in [3.63, 3.8) is 0 Å². The number of carbonyl (C=O) groups excluding carboxylic acids is 2.